The minimum Gasteiger partial charge on any atom is -0.504 e. The third kappa shape index (κ3) is 12.5. The van der Waals surface area contributed by atoms with Crippen LogP contribution in [0.3, 0.4) is 0 Å². The minimum absolute atomic E-state index is 0. The van der Waals surface area contributed by atoms with E-state index < -0.39 is 97.4 Å². The van der Waals surface area contributed by atoms with Gasteiger partial charge in [-0.2, -0.15) is 0 Å². The van der Waals surface area contributed by atoms with Gasteiger partial charge in [0.15, 0.2) is 34.2 Å². The van der Waals surface area contributed by atoms with E-state index in [0.29, 0.717) is 11.1 Å². The second-order valence-electron chi connectivity index (χ2n) is 11.6. The molecule has 2 saturated carbocycles. The van der Waals surface area contributed by atoms with E-state index in [1.54, 1.807) is 0 Å². The minimum atomic E-state index is -2.31. The first-order valence-corrected chi connectivity index (χ1v) is 14.7. The molecule has 4 rings (SSSR count). The van der Waals surface area contributed by atoms with Crippen LogP contribution in [0.5, 0.6) is 23.0 Å². The van der Waals surface area contributed by atoms with Crippen molar-refractivity contribution in [1.82, 2.24) is 0 Å². The summed E-state index contributed by atoms with van der Waals surface area (Å²) in [5.74, 6) is -6.31. The van der Waals surface area contributed by atoms with Crippen molar-refractivity contribution in [3.63, 3.8) is 0 Å². The number of carboxylic acid groups (broad SMARTS) is 3. The van der Waals surface area contributed by atoms with Gasteiger partial charge in [0.25, 0.3) is 0 Å². The van der Waals surface area contributed by atoms with Gasteiger partial charge in [-0.1, -0.05) is 12.1 Å². The van der Waals surface area contributed by atoms with Crippen molar-refractivity contribution in [3.05, 3.63) is 59.7 Å². The van der Waals surface area contributed by atoms with Gasteiger partial charge in [-0.05, 0) is 47.5 Å². The fourth-order valence-electron chi connectivity index (χ4n) is 4.79. The summed E-state index contributed by atoms with van der Waals surface area (Å²) in [4.78, 5) is 43.6. The Labute approximate surface area is 293 Å². The molecule has 0 spiro atoms. The Hall–Kier alpha value is -5.32. The van der Waals surface area contributed by atoms with E-state index in [0.717, 1.165) is 12.2 Å². The molecule has 6 atom stereocenters. The van der Waals surface area contributed by atoms with Gasteiger partial charge in [-0.25, -0.2) is 19.2 Å². The molecule has 0 saturated heterocycles. The third-order valence-corrected chi connectivity index (χ3v) is 7.64. The molecule has 2 aromatic rings. The molecule has 2 aliphatic rings. The molecule has 0 aromatic heterocycles. The zero-order valence-corrected chi connectivity index (χ0v) is 26.9. The van der Waals surface area contributed by atoms with Crippen molar-refractivity contribution in [2.75, 3.05) is 0 Å². The second kappa shape index (κ2) is 18.8. The highest BCUT2D eigenvalue weighted by molar-refractivity contribution is 5.87. The van der Waals surface area contributed by atoms with Crippen molar-refractivity contribution < 1.29 is 101 Å². The van der Waals surface area contributed by atoms with Crippen LogP contribution in [0.25, 0.3) is 12.2 Å². The van der Waals surface area contributed by atoms with Gasteiger partial charge in [0.1, 0.15) is 18.3 Å². The van der Waals surface area contributed by atoms with E-state index in [-0.39, 0.29) is 28.5 Å². The molecule has 0 amide bonds. The van der Waals surface area contributed by atoms with E-state index in [1.165, 1.54) is 48.6 Å². The number of carboxylic acids is 3. The van der Waals surface area contributed by atoms with Crippen LogP contribution in [0.2, 0.25) is 0 Å². The number of aromatic hydroxyl groups is 4. The summed E-state index contributed by atoms with van der Waals surface area (Å²) in [5, 5.41) is 128. The summed E-state index contributed by atoms with van der Waals surface area (Å²) < 4.78 is 4.92. The maximum Gasteiger partial charge on any atom is 0.335 e. The summed E-state index contributed by atoms with van der Waals surface area (Å²) >= 11 is 0. The molecule has 288 valence electrons. The van der Waals surface area contributed by atoms with Crippen LogP contribution < -0.4 is 0 Å². The monoisotopic (exact) mass is 744 g/mol. The Balaban J connectivity index is 0.000000424. The number of rotatable bonds is 7. The van der Waals surface area contributed by atoms with Crippen molar-refractivity contribution in [3.8, 4) is 23.0 Å². The van der Waals surface area contributed by atoms with Gasteiger partial charge in [0, 0.05) is 37.8 Å². The molecule has 2 aliphatic carbocycles. The molecule has 0 radical (unpaired) electrons. The normalized spacial score (nSPS) is 28.3. The number of carbonyl (C=O) groups is 4. The van der Waals surface area contributed by atoms with E-state index in [9.17, 15) is 49.8 Å². The predicted molar refractivity (Wildman–Crippen MR) is 172 cm³/mol. The zero-order valence-electron chi connectivity index (χ0n) is 26.9. The SMILES string of the molecule is O.O=C(/C=C/c1ccc(O)c(O)c1)OC1CC(O)(C(=O)O)CC(O)C1O.O=C(O)/C=C/c1ccc(O)c(O)c1.O=C(O)C1(O)CC(O)C(O)C(O)C1. The fraction of sp³-hybridized carbons (Fsp3) is 0.375. The summed E-state index contributed by atoms with van der Waals surface area (Å²) in [7, 11) is 0. The Bertz CT molecular complexity index is 1610. The first kappa shape index (κ1) is 44.7. The summed E-state index contributed by atoms with van der Waals surface area (Å²) in [6.07, 6.45) is -6.32. The number of esters is 1. The molecule has 2 aromatic carbocycles. The highest BCUT2D eigenvalue weighted by Crippen LogP contribution is 2.32. The molecular weight excluding hydrogens is 704 g/mol. The zero-order chi connectivity index (χ0) is 38.8. The highest BCUT2D eigenvalue weighted by atomic mass is 16.6. The van der Waals surface area contributed by atoms with Gasteiger partial charge in [0.2, 0.25) is 0 Å². The van der Waals surface area contributed by atoms with Crippen LogP contribution in [-0.4, -0.2) is 149 Å². The number of phenols is 4. The lowest BCUT2D eigenvalue weighted by atomic mass is 9.79. The first-order valence-electron chi connectivity index (χ1n) is 14.7. The smallest absolute Gasteiger partial charge is 0.335 e. The Kier molecular flexibility index (Phi) is 16.1. The number of hydrogen-bond donors (Lipinski definition) is 14. The lowest BCUT2D eigenvalue weighted by Crippen LogP contribution is -2.57. The Morgan fingerprint density at radius 3 is 1.37 bits per heavy atom. The Morgan fingerprint density at radius 1 is 0.596 bits per heavy atom. The molecule has 0 bridgehead atoms. The average molecular weight is 745 g/mol. The molecule has 16 N–H and O–H groups in total. The number of aliphatic hydroxyl groups is 7. The maximum absolute atomic E-state index is 11.8. The van der Waals surface area contributed by atoms with Gasteiger partial charge < -0.3 is 81.7 Å². The fourth-order valence-corrected chi connectivity index (χ4v) is 4.79. The third-order valence-electron chi connectivity index (χ3n) is 7.64. The number of ether oxygens (including phenoxy) is 1. The standard InChI is InChI=1S/C16H18O9.C9H8O4.C7H12O6.H2O/c17-9-3-1-8(5-10(9)18)2-4-13(20)25-12-7-16(24,15(22)23)6-11(19)14(12)21;10-7-3-1-6(5-8(7)11)2-4-9(12)13;8-3-1-7(13,6(11)12)2-4(9)5(3)10;/h1-5,11-12,14,17-19,21,24H,6-7H2,(H,22,23);1-5,10-11H,(H,12,13);3-5,8-10,13H,1-2H2,(H,11,12);1H2/b2*4-2+;;. The van der Waals surface area contributed by atoms with Crippen LogP contribution in [0.4, 0.5) is 0 Å². The number of hydrogen-bond acceptors (Lipinski definition) is 16. The lowest BCUT2D eigenvalue weighted by molar-refractivity contribution is -0.196. The second-order valence-corrected chi connectivity index (χ2v) is 11.6. The average Bonchev–Trinajstić information content (AvgIpc) is 3.04. The van der Waals surface area contributed by atoms with Crippen LogP contribution in [0, 0.1) is 0 Å². The molecule has 2 fully saturated rings. The molecule has 20 heteroatoms. The van der Waals surface area contributed by atoms with E-state index in [1.807, 2.05) is 0 Å². The summed E-state index contributed by atoms with van der Waals surface area (Å²) in [5.41, 5.74) is -3.56. The summed E-state index contributed by atoms with van der Waals surface area (Å²) in [6, 6.07) is 7.89. The molecular formula is C32H40O20. The molecule has 0 aliphatic heterocycles. The van der Waals surface area contributed by atoms with E-state index in [4.69, 9.17) is 45.6 Å². The van der Waals surface area contributed by atoms with Crippen molar-refractivity contribution in [1.29, 1.82) is 0 Å². The van der Waals surface area contributed by atoms with E-state index >= 15 is 0 Å². The molecule has 52 heavy (non-hydrogen) atoms. The van der Waals surface area contributed by atoms with Gasteiger partial charge >= 0.3 is 23.9 Å². The maximum atomic E-state index is 11.8. The van der Waals surface area contributed by atoms with Crippen LogP contribution in [0.15, 0.2) is 48.6 Å². The van der Waals surface area contributed by atoms with Gasteiger partial charge in [-0.15, -0.1) is 0 Å². The Morgan fingerprint density at radius 2 is 0.981 bits per heavy atom. The van der Waals surface area contributed by atoms with Crippen LogP contribution >= 0.6 is 0 Å². The molecule has 0 heterocycles. The molecule has 6 unspecified atom stereocenters. The first-order chi connectivity index (χ1) is 23.6. The number of aliphatic carboxylic acids is 3. The largest absolute Gasteiger partial charge is 0.504 e. The van der Waals surface area contributed by atoms with Gasteiger partial charge in [-0.3, -0.25) is 0 Å². The van der Waals surface area contributed by atoms with E-state index in [2.05, 4.69) is 0 Å². The quantitative estimate of drug-likeness (QED) is 0.0785. The van der Waals surface area contributed by atoms with Crippen molar-refractivity contribution in [2.45, 2.75) is 73.5 Å². The number of aliphatic hydroxyl groups excluding tert-OH is 5. The van der Waals surface area contributed by atoms with Crippen LogP contribution in [-0.2, 0) is 23.9 Å². The number of carbonyl (C=O) groups excluding carboxylic acids is 1. The topological polar surface area (TPSA) is 392 Å². The van der Waals surface area contributed by atoms with Crippen molar-refractivity contribution in [2.24, 2.45) is 0 Å². The number of phenolic OH excluding ortho intramolecular Hbond substituents is 4. The molecule has 20 nitrogen and oxygen atoms in total. The lowest BCUT2D eigenvalue weighted by Gasteiger charge is -2.39. The highest BCUT2D eigenvalue weighted by Gasteiger charge is 2.50. The number of benzene rings is 2. The van der Waals surface area contributed by atoms with Crippen LogP contribution in [0.1, 0.15) is 36.8 Å². The van der Waals surface area contributed by atoms with Crippen molar-refractivity contribution >= 4 is 36.0 Å². The van der Waals surface area contributed by atoms with Gasteiger partial charge in [0.05, 0.1) is 18.3 Å². The summed E-state index contributed by atoms with van der Waals surface area (Å²) in [6.45, 7) is 0. The predicted octanol–water partition coefficient (Wildman–Crippen LogP) is -2.60.